The fourth-order valence-corrected chi connectivity index (χ4v) is 1.87. The Bertz CT molecular complexity index is 367. The standard InChI is InChI=1S/C12H15Cl2FN2O/c13-5-7-17(8-6-14)9-16-12(18)10-1-3-11(15)4-2-10/h1-4H,5-9H2,(H,16,18). The predicted octanol–water partition coefficient (Wildman–Crippen LogP) is 2.29. The van der Waals surface area contributed by atoms with Gasteiger partial charge in [-0.25, -0.2) is 4.39 Å². The lowest BCUT2D eigenvalue weighted by Gasteiger charge is -2.20. The minimum Gasteiger partial charge on any atom is -0.339 e. The molecular weight excluding hydrogens is 278 g/mol. The van der Waals surface area contributed by atoms with Gasteiger partial charge in [0.05, 0.1) is 6.67 Å². The van der Waals surface area contributed by atoms with Gasteiger partial charge in [0.1, 0.15) is 5.82 Å². The molecular formula is C12H15Cl2FN2O. The Morgan fingerprint density at radius 3 is 2.22 bits per heavy atom. The van der Waals surface area contributed by atoms with E-state index in [1.54, 1.807) is 0 Å². The quantitative estimate of drug-likeness (QED) is 0.618. The number of hydrogen-bond donors (Lipinski definition) is 1. The van der Waals surface area contributed by atoms with Gasteiger partial charge in [-0.3, -0.25) is 9.69 Å². The van der Waals surface area contributed by atoms with Crippen molar-refractivity contribution in [2.24, 2.45) is 0 Å². The smallest absolute Gasteiger partial charge is 0.252 e. The largest absolute Gasteiger partial charge is 0.339 e. The summed E-state index contributed by atoms with van der Waals surface area (Å²) in [5, 5.41) is 2.74. The van der Waals surface area contributed by atoms with Gasteiger partial charge < -0.3 is 5.32 Å². The molecule has 0 radical (unpaired) electrons. The Hall–Kier alpha value is -0.840. The number of carbonyl (C=O) groups is 1. The van der Waals surface area contributed by atoms with E-state index in [-0.39, 0.29) is 11.7 Å². The molecule has 1 N–H and O–H groups in total. The predicted molar refractivity (Wildman–Crippen MR) is 71.7 cm³/mol. The molecule has 0 spiro atoms. The molecule has 3 nitrogen and oxygen atoms in total. The summed E-state index contributed by atoms with van der Waals surface area (Å²) in [6, 6.07) is 5.39. The van der Waals surface area contributed by atoms with Crippen LogP contribution in [0.4, 0.5) is 4.39 Å². The minimum absolute atomic E-state index is 0.246. The first-order valence-electron chi connectivity index (χ1n) is 5.55. The molecule has 1 aromatic carbocycles. The van der Waals surface area contributed by atoms with Gasteiger partial charge in [-0.05, 0) is 24.3 Å². The van der Waals surface area contributed by atoms with Crippen LogP contribution in [0.15, 0.2) is 24.3 Å². The molecule has 6 heteroatoms. The highest BCUT2D eigenvalue weighted by Crippen LogP contribution is 2.02. The number of nitrogens with zero attached hydrogens (tertiary/aromatic N) is 1. The molecule has 0 bridgehead atoms. The zero-order chi connectivity index (χ0) is 13.4. The van der Waals surface area contributed by atoms with Crippen molar-refractivity contribution in [2.45, 2.75) is 0 Å². The zero-order valence-electron chi connectivity index (χ0n) is 9.83. The highest BCUT2D eigenvalue weighted by atomic mass is 35.5. The Balaban J connectivity index is 2.46. The van der Waals surface area contributed by atoms with Gasteiger partial charge in [-0.1, -0.05) is 0 Å². The summed E-state index contributed by atoms with van der Waals surface area (Å²) in [6.45, 7) is 1.67. The maximum absolute atomic E-state index is 12.7. The third-order valence-electron chi connectivity index (χ3n) is 2.37. The summed E-state index contributed by atoms with van der Waals surface area (Å²) in [5.41, 5.74) is 0.424. The summed E-state index contributed by atoms with van der Waals surface area (Å²) in [6.07, 6.45) is 0. The van der Waals surface area contributed by atoms with Crippen LogP contribution in [0.25, 0.3) is 0 Å². The molecule has 0 heterocycles. The average Bonchev–Trinajstić information content (AvgIpc) is 2.37. The molecule has 100 valence electrons. The highest BCUT2D eigenvalue weighted by molar-refractivity contribution is 6.18. The summed E-state index contributed by atoms with van der Waals surface area (Å²) < 4.78 is 12.7. The molecule has 0 aliphatic carbocycles. The van der Waals surface area contributed by atoms with E-state index in [1.807, 2.05) is 4.90 Å². The van der Waals surface area contributed by atoms with Crippen molar-refractivity contribution in [1.82, 2.24) is 10.2 Å². The van der Waals surface area contributed by atoms with E-state index < -0.39 is 0 Å². The van der Waals surface area contributed by atoms with Gasteiger partial charge in [0.15, 0.2) is 0 Å². The van der Waals surface area contributed by atoms with E-state index in [9.17, 15) is 9.18 Å². The second-order valence-electron chi connectivity index (χ2n) is 3.67. The number of halogens is 3. The van der Waals surface area contributed by atoms with E-state index in [0.717, 1.165) is 0 Å². The molecule has 0 unspecified atom stereocenters. The molecule has 1 amide bonds. The van der Waals surface area contributed by atoms with Crippen LogP contribution in [0.1, 0.15) is 10.4 Å². The topological polar surface area (TPSA) is 32.3 Å². The number of nitrogens with one attached hydrogen (secondary N) is 1. The molecule has 0 aromatic heterocycles. The van der Waals surface area contributed by atoms with Gasteiger partial charge >= 0.3 is 0 Å². The van der Waals surface area contributed by atoms with E-state index in [0.29, 0.717) is 37.1 Å². The van der Waals surface area contributed by atoms with Crippen LogP contribution >= 0.6 is 23.2 Å². The van der Waals surface area contributed by atoms with Crippen molar-refractivity contribution in [3.63, 3.8) is 0 Å². The molecule has 0 fully saturated rings. The highest BCUT2D eigenvalue weighted by Gasteiger charge is 2.08. The second kappa shape index (κ2) is 8.29. The fraction of sp³-hybridized carbons (Fsp3) is 0.417. The Kier molecular flexibility index (Phi) is 7.01. The Morgan fingerprint density at radius 1 is 1.17 bits per heavy atom. The second-order valence-corrected chi connectivity index (χ2v) is 4.42. The van der Waals surface area contributed by atoms with Crippen molar-refractivity contribution in [1.29, 1.82) is 0 Å². The molecule has 18 heavy (non-hydrogen) atoms. The number of benzene rings is 1. The van der Waals surface area contributed by atoms with E-state index >= 15 is 0 Å². The molecule has 0 aliphatic heterocycles. The van der Waals surface area contributed by atoms with Crippen molar-refractivity contribution in [3.05, 3.63) is 35.6 Å². The molecule has 0 atom stereocenters. The molecule has 1 aromatic rings. The first kappa shape index (κ1) is 15.2. The van der Waals surface area contributed by atoms with Crippen molar-refractivity contribution in [3.8, 4) is 0 Å². The summed E-state index contributed by atoms with van der Waals surface area (Å²) >= 11 is 11.3. The normalized spacial score (nSPS) is 10.7. The number of alkyl halides is 2. The van der Waals surface area contributed by atoms with Crippen LogP contribution in [0.3, 0.4) is 0 Å². The average molecular weight is 293 g/mol. The summed E-state index contributed by atoms with van der Waals surface area (Å²) in [4.78, 5) is 13.7. The number of rotatable bonds is 7. The first-order valence-corrected chi connectivity index (χ1v) is 6.62. The summed E-state index contributed by atoms with van der Waals surface area (Å²) in [5.74, 6) is 0.341. The van der Waals surface area contributed by atoms with Gasteiger partial charge in [-0.15, -0.1) is 23.2 Å². The number of amides is 1. The van der Waals surface area contributed by atoms with Gasteiger partial charge in [0.2, 0.25) is 0 Å². The lowest BCUT2D eigenvalue weighted by atomic mass is 10.2. The van der Waals surface area contributed by atoms with Crippen LogP contribution in [0.2, 0.25) is 0 Å². The molecule has 0 saturated carbocycles. The molecule has 1 rings (SSSR count). The Labute approximate surface area is 116 Å². The Morgan fingerprint density at radius 2 is 1.72 bits per heavy atom. The van der Waals surface area contributed by atoms with Crippen molar-refractivity contribution >= 4 is 29.1 Å². The van der Waals surface area contributed by atoms with Crippen LogP contribution < -0.4 is 5.32 Å². The number of hydrogen-bond acceptors (Lipinski definition) is 2. The van der Waals surface area contributed by atoms with Crippen LogP contribution in [-0.4, -0.2) is 42.3 Å². The number of carbonyl (C=O) groups excluding carboxylic acids is 1. The van der Waals surface area contributed by atoms with E-state index in [2.05, 4.69) is 5.32 Å². The maximum atomic E-state index is 12.7. The monoisotopic (exact) mass is 292 g/mol. The van der Waals surface area contributed by atoms with Crippen LogP contribution in [-0.2, 0) is 0 Å². The zero-order valence-corrected chi connectivity index (χ0v) is 11.3. The van der Waals surface area contributed by atoms with Crippen LogP contribution in [0, 0.1) is 5.82 Å². The lowest BCUT2D eigenvalue weighted by Crippen LogP contribution is -2.39. The van der Waals surface area contributed by atoms with E-state index in [1.165, 1.54) is 24.3 Å². The third kappa shape index (κ3) is 5.21. The first-order chi connectivity index (χ1) is 8.67. The van der Waals surface area contributed by atoms with Crippen molar-refractivity contribution in [2.75, 3.05) is 31.5 Å². The third-order valence-corrected chi connectivity index (χ3v) is 2.71. The van der Waals surface area contributed by atoms with Gasteiger partial charge in [0.25, 0.3) is 5.91 Å². The lowest BCUT2D eigenvalue weighted by molar-refractivity contribution is 0.0926. The van der Waals surface area contributed by atoms with Gasteiger partial charge in [0, 0.05) is 30.4 Å². The summed E-state index contributed by atoms with van der Waals surface area (Å²) in [7, 11) is 0. The van der Waals surface area contributed by atoms with Crippen LogP contribution in [0.5, 0.6) is 0 Å². The van der Waals surface area contributed by atoms with Crippen molar-refractivity contribution < 1.29 is 9.18 Å². The SMILES string of the molecule is O=C(NCN(CCCl)CCCl)c1ccc(F)cc1. The molecule has 0 saturated heterocycles. The maximum Gasteiger partial charge on any atom is 0.252 e. The van der Waals surface area contributed by atoms with Gasteiger partial charge in [-0.2, -0.15) is 0 Å². The van der Waals surface area contributed by atoms with E-state index in [4.69, 9.17) is 23.2 Å². The minimum atomic E-state index is -0.363. The molecule has 0 aliphatic rings. The fourth-order valence-electron chi connectivity index (χ4n) is 1.40.